The maximum absolute atomic E-state index is 5.42. The molecule has 32 aromatic rings. The summed E-state index contributed by atoms with van der Waals surface area (Å²) in [6.07, 6.45) is 0. The molecule has 0 fully saturated rings. The first-order valence-electron chi connectivity index (χ1n) is 51.0. The van der Waals surface area contributed by atoms with E-state index in [4.69, 9.17) is 29.9 Å². The number of para-hydroxylation sites is 11. The normalized spacial score (nSPS) is 11.9. The quantitative estimate of drug-likeness (QED) is 0.128. The van der Waals surface area contributed by atoms with Crippen LogP contribution in [-0.2, 0) is 0 Å². The number of hydrogen-bond acceptors (Lipinski definition) is 6. The van der Waals surface area contributed by atoms with Crippen molar-refractivity contribution in [2.45, 2.75) is 0 Å². The number of fused-ring (bicyclic) bond motifs is 27. The Morgan fingerprint density at radius 3 is 0.687 bits per heavy atom. The van der Waals surface area contributed by atoms with Gasteiger partial charge in [-0.1, -0.05) is 370 Å². The Bertz CT molecular complexity index is 10700. The molecule has 0 aliphatic rings. The van der Waals surface area contributed by atoms with E-state index in [2.05, 4.69) is 476 Å². The Morgan fingerprint density at radius 1 is 0.120 bits per heavy atom. The van der Waals surface area contributed by atoms with Crippen molar-refractivity contribution in [3.05, 3.63) is 522 Å². The molecule has 0 radical (unpaired) electrons. The summed E-state index contributed by atoms with van der Waals surface area (Å²) in [5.74, 6) is 2.45. The molecule has 0 saturated heterocycles. The van der Waals surface area contributed by atoms with E-state index in [9.17, 15) is 0 Å². The molecule has 0 aliphatic heterocycles. The van der Waals surface area contributed by atoms with Crippen LogP contribution in [0.15, 0.2) is 522 Å². The van der Waals surface area contributed by atoms with E-state index in [0.717, 1.165) is 157 Å². The van der Waals surface area contributed by atoms with Gasteiger partial charge in [-0.3, -0.25) is 13.7 Å². The van der Waals surface area contributed by atoms with E-state index in [1.165, 1.54) is 130 Å². The minimum absolute atomic E-state index is 0.806. The highest BCUT2D eigenvalue weighted by atomic mass is 15.1. The first-order valence-corrected chi connectivity index (χ1v) is 51.0. The molecule has 0 amide bonds. The van der Waals surface area contributed by atoms with Crippen molar-refractivity contribution in [1.29, 1.82) is 0 Å². The zero-order valence-corrected chi connectivity index (χ0v) is 81.0. The molecule has 150 heavy (non-hydrogen) atoms. The highest BCUT2D eigenvalue weighted by molar-refractivity contribution is 6.29. The third-order valence-electron chi connectivity index (χ3n) is 30.2. The molecular formula is C138H86N12. The lowest BCUT2D eigenvalue weighted by atomic mass is 9.98. The maximum atomic E-state index is 5.42. The van der Waals surface area contributed by atoms with Crippen LogP contribution in [0.3, 0.4) is 0 Å². The van der Waals surface area contributed by atoms with Crippen LogP contribution in [0.4, 0.5) is 0 Å². The van der Waals surface area contributed by atoms with Gasteiger partial charge in [0, 0.05) is 98.4 Å². The molecule has 0 N–H and O–H groups in total. The first-order chi connectivity index (χ1) is 74.4. The lowest BCUT2D eigenvalue weighted by molar-refractivity contribution is 1.08. The first kappa shape index (κ1) is 85.3. The highest BCUT2D eigenvalue weighted by Crippen LogP contribution is 2.50. The minimum atomic E-state index is 0.806. The summed E-state index contributed by atoms with van der Waals surface area (Å²) >= 11 is 0. The smallest absolute Gasteiger partial charge is 0.165 e. The van der Waals surface area contributed by atoms with Crippen LogP contribution in [0.5, 0.6) is 0 Å². The standard InChI is InChI=1S/C54H34N4.2C42H26N4/c1-4-16-35(17-5-1)39-30-40(36-18-6-2-7-19-36)32-41(31-39)57-49-29-28-37-20-10-11-23-42(37)52(49)45-33-44-43-24-12-15-27-48(43)58(50(44)34-51(45)57)54-53(38-21-8-3-9-22-38)55-46-25-13-14-26-47(46)56-54;2*1-3-14-28(15-4-1)41-42(44-35-21-11-10-20-34(35)43-41)46-37-24-23-27-13-7-8-18-30(27)40(37)33-25-32-31-19-9-12-22-36(31)45(38(32)26-39(33)46)29-16-5-2-6-17-29/h1-34H;2*1-26H. The molecular weight excluding hydrogens is 1830 g/mol. The van der Waals surface area contributed by atoms with E-state index in [1.54, 1.807) is 0 Å². The van der Waals surface area contributed by atoms with Crippen molar-refractivity contribution >= 4 is 196 Å². The van der Waals surface area contributed by atoms with Crippen LogP contribution in [-0.4, -0.2) is 57.3 Å². The lowest BCUT2D eigenvalue weighted by Gasteiger charge is -2.15. The molecule has 0 atom stereocenters. The maximum Gasteiger partial charge on any atom is 0.165 e. The van der Waals surface area contributed by atoms with E-state index < -0.39 is 0 Å². The Balaban J connectivity index is 0.000000104. The molecule has 32 rings (SSSR count). The van der Waals surface area contributed by atoms with Gasteiger partial charge in [0.05, 0.1) is 99.3 Å². The molecule has 0 saturated carbocycles. The van der Waals surface area contributed by atoms with Crippen molar-refractivity contribution in [1.82, 2.24) is 57.3 Å². The van der Waals surface area contributed by atoms with Gasteiger partial charge in [-0.05, 0) is 206 Å². The van der Waals surface area contributed by atoms with Crippen molar-refractivity contribution in [2.75, 3.05) is 0 Å². The van der Waals surface area contributed by atoms with Crippen molar-refractivity contribution < 1.29 is 0 Å². The fraction of sp³-hybridized carbons (Fsp3) is 0. The van der Waals surface area contributed by atoms with Crippen LogP contribution in [0.25, 0.3) is 287 Å². The lowest BCUT2D eigenvalue weighted by Crippen LogP contribution is -2.04. The number of benzene rings is 23. The SMILES string of the molecule is c1ccc(-c2cc(-c3ccccc3)cc(-n3c4cc5c(cc4c4c6ccccc6ccc43)c3ccccc3n5-c3nc4ccccc4nc3-c3ccccc3)c2)cc1.c1ccc(-c2nc3ccccc3nc2-n2c3cc4c(cc3c3c5ccccc5ccc32)c2ccccc2n4-c2ccccc2)cc1.c1ccc(-c2nc3ccccc3nc2-n2c3cc4c(cc3c3c5ccccc5ccc32)c2ccccc2n4-c2ccccc2)cc1. The second-order valence-corrected chi connectivity index (χ2v) is 38.7. The zero-order chi connectivity index (χ0) is 98.5. The van der Waals surface area contributed by atoms with E-state index in [-0.39, 0.29) is 0 Å². The molecule has 12 heteroatoms. The Kier molecular flexibility index (Phi) is 19.7. The molecule has 0 spiro atoms. The van der Waals surface area contributed by atoms with Gasteiger partial charge in [0.1, 0.15) is 17.1 Å². The minimum Gasteiger partial charge on any atom is -0.309 e. The van der Waals surface area contributed by atoms with Gasteiger partial charge in [-0.15, -0.1) is 0 Å². The van der Waals surface area contributed by atoms with E-state index >= 15 is 0 Å². The predicted octanol–water partition coefficient (Wildman–Crippen LogP) is 35.3. The predicted molar refractivity (Wildman–Crippen MR) is 624 cm³/mol. The molecule has 0 unspecified atom stereocenters. The summed E-state index contributed by atoms with van der Waals surface area (Å²) in [7, 11) is 0. The molecule has 698 valence electrons. The number of hydrogen-bond donors (Lipinski definition) is 0. The largest absolute Gasteiger partial charge is 0.309 e. The highest BCUT2D eigenvalue weighted by Gasteiger charge is 2.30. The number of aromatic nitrogens is 12. The Morgan fingerprint density at radius 2 is 0.353 bits per heavy atom. The van der Waals surface area contributed by atoms with Gasteiger partial charge < -0.3 is 13.7 Å². The molecule has 0 aliphatic carbocycles. The summed E-state index contributed by atoms with van der Waals surface area (Å²) in [5.41, 5.74) is 32.5. The van der Waals surface area contributed by atoms with Crippen LogP contribution in [0.1, 0.15) is 0 Å². The topological polar surface area (TPSA) is 107 Å². The van der Waals surface area contributed by atoms with E-state index in [1.807, 2.05) is 72.8 Å². The number of nitrogens with zero attached hydrogens (tertiary/aromatic N) is 12. The van der Waals surface area contributed by atoms with Crippen LogP contribution in [0, 0.1) is 0 Å². The van der Waals surface area contributed by atoms with Crippen LogP contribution in [0.2, 0.25) is 0 Å². The van der Waals surface area contributed by atoms with Crippen molar-refractivity contribution in [3.8, 4) is 90.5 Å². The molecule has 12 nitrogen and oxygen atoms in total. The molecule has 9 heterocycles. The van der Waals surface area contributed by atoms with Crippen molar-refractivity contribution in [2.24, 2.45) is 0 Å². The summed E-state index contributed by atoms with van der Waals surface area (Å²) < 4.78 is 14.3. The van der Waals surface area contributed by atoms with Crippen LogP contribution >= 0.6 is 0 Å². The Hall–Kier alpha value is -20.3. The average Bonchev–Trinajstić information content (AvgIpc) is 1.55. The van der Waals surface area contributed by atoms with Gasteiger partial charge in [0.25, 0.3) is 0 Å². The fourth-order valence-corrected chi connectivity index (χ4v) is 23.6. The summed E-state index contributed by atoms with van der Waals surface area (Å²) in [5, 5.41) is 21.9. The molecule has 0 bridgehead atoms. The molecule has 23 aromatic carbocycles. The fourth-order valence-electron chi connectivity index (χ4n) is 23.6. The number of rotatable bonds is 11. The summed E-state index contributed by atoms with van der Waals surface area (Å²) in [6.45, 7) is 0. The van der Waals surface area contributed by atoms with Gasteiger partial charge >= 0.3 is 0 Å². The summed E-state index contributed by atoms with van der Waals surface area (Å²) in [4.78, 5) is 32.0. The zero-order valence-electron chi connectivity index (χ0n) is 81.0. The second kappa shape index (κ2) is 34.7. The third kappa shape index (κ3) is 13.8. The van der Waals surface area contributed by atoms with Gasteiger partial charge in [-0.2, -0.15) is 0 Å². The second-order valence-electron chi connectivity index (χ2n) is 38.7. The third-order valence-corrected chi connectivity index (χ3v) is 30.2. The Labute approximate surface area is 859 Å². The van der Waals surface area contributed by atoms with Gasteiger partial charge in [-0.25, -0.2) is 29.9 Å². The van der Waals surface area contributed by atoms with Crippen molar-refractivity contribution in [3.63, 3.8) is 0 Å². The van der Waals surface area contributed by atoms with E-state index in [0.29, 0.717) is 0 Å². The molecule has 9 aromatic heterocycles. The monoisotopic (exact) mass is 1910 g/mol. The van der Waals surface area contributed by atoms with Gasteiger partial charge in [0.2, 0.25) is 0 Å². The average molecular weight is 1910 g/mol. The van der Waals surface area contributed by atoms with Crippen LogP contribution < -0.4 is 0 Å². The summed E-state index contributed by atoms with van der Waals surface area (Å²) in [6, 6.07) is 186. The van der Waals surface area contributed by atoms with Gasteiger partial charge in [0.15, 0.2) is 17.5 Å².